The molecule has 0 aromatic rings. The van der Waals surface area contributed by atoms with Gasteiger partial charge in [0, 0.05) is 18.8 Å². The predicted octanol–water partition coefficient (Wildman–Crippen LogP) is 3.91. The molecular weight excluding hydrogens is 224 g/mol. The van der Waals surface area contributed by atoms with E-state index in [9.17, 15) is 4.79 Å². The summed E-state index contributed by atoms with van der Waals surface area (Å²) in [5.41, 5.74) is 1.31. The number of nitrogens with one attached hydrogen (secondary N) is 1. The van der Waals surface area contributed by atoms with Gasteiger partial charge in [0.25, 0.3) is 0 Å². The molecule has 1 aliphatic heterocycles. The lowest BCUT2D eigenvalue weighted by Gasteiger charge is -2.35. The number of rotatable bonds is 2. The van der Waals surface area contributed by atoms with Gasteiger partial charge in [-0.3, -0.25) is 0 Å². The van der Waals surface area contributed by atoms with Crippen molar-refractivity contribution in [2.45, 2.75) is 66.3 Å². The summed E-state index contributed by atoms with van der Waals surface area (Å²) < 4.78 is 0. The largest absolute Gasteiger partial charge is 0.322 e. The molecule has 1 N–H and O–H groups in total. The first kappa shape index (κ1) is 15.1. The molecule has 0 aromatic carbocycles. The van der Waals surface area contributed by atoms with Gasteiger partial charge < -0.3 is 10.2 Å². The first-order valence-corrected chi connectivity index (χ1v) is 7.10. The monoisotopic (exact) mass is 252 g/mol. The van der Waals surface area contributed by atoms with Crippen molar-refractivity contribution in [3.05, 3.63) is 11.8 Å². The lowest BCUT2D eigenvalue weighted by molar-refractivity contribution is 0.152. The van der Waals surface area contributed by atoms with Crippen LogP contribution in [-0.4, -0.2) is 23.5 Å². The lowest BCUT2D eigenvalue weighted by atomic mass is 9.88. The molecule has 3 heteroatoms. The third-order valence-corrected chi connectivity index (χ3v) is 3.95. The Labute approximate surface area is 112 Å². The second kappa shape index (κ2) is 6.26. The molecule has 1 saturated heterocycles. The SMILES string of the molecule is CCC1CCCCN1C(=O)N/C=C(\C)C(C)(C)C. The second-order valence-electron chi connectivity index (χ2n) is 6.28. The fourth-order valence-corrected chi connectivity index (χ4v) is 2.16. The predicted molar refractivity (Wildman–Crippen MR) is 76.4 cm³/mol. The van der Waals surface area contributed by atoms with Crippen LogP contribution < -0.4 is 5.32 Å². The number of carbonyl (C=O) groups is 1. The van der Waals surface area contributed by atoms with Crippen molar-refractivity contribution < 1.29 is 4.79 Å². The number of piperidine rings is 1. The van der Waals surface area contributed by atoms with Crippen molar-refractivity contribution in [3.63, 3.8) is 0 Å². The van der Waals surface area contributed by atoms with E-state index in [4.69, 9.17) is 0 Å². The molecule has 0 spiro atoms. The van der Waals surface area contributed by atoms with E-state index in [-0.39, 0.29) is 11.4 Å². The van der Waals surface area contributed by atoms with Gasteiger partial charge in [-0.05, 0) is 38.0 Å². The van der Waals surface area contributed by atoms with Crippen LogP contribution in [0.15, 0.2) is 11.8 Å². The third-order valence-electron chi connectivity index (χ3n) is 3.95. The number of hydrogen-bond acceptors (Lipinski definition) is 1. The molecule has 1 atom stereocenters. The van der Waals surface area contributed by atoms with Crippen LogP contribution in [0.1, 0.15) is 60.3 Å². The number of amides is 2. The van der Waals surface area contributed by atoms with E-state index in [1.807, 2.05) is 11.1 Å². The molecule has 1 aliphatic rings. The average Bonchev–Trinajstić information content (AvgIpc) is 2.34. The van der Waals surface area contributed by atoms with Crippen LogP contribution >= 0.6 is 0 Å². The summed E-state index contributed by atoms with van der Waals surface area (Å²) in [4.78, 5) is 14.2. The van der Waals surface area contributed by atoms with Crippen LogP contribution in [-0.2, 0) is 0 Å². The highest BCUT2D eigenvalue weighted by atomic mass is 16.2. The Morgan fingerprint density at radius 3 is 2.61 bits per heavy atom. The van der Waals surface area contributed by atoms with E-state index in [0.717, 1.165) is 25.8 Å². The Morgan fingerprint density at radius 2 is 2.06 bits per heavy atom. The van der Waals surface area contributed by atoms with E-state index in [2.05, 4.69) is 39.9 Å². The van der Waals surface area contributed by atoms with E-state index >= 15 is 0 Å². The zero-order chi connectivity index (χ0) is 13.8. The zero-order valence-electron chi connectivity index (χ0n) is 12.5. The molecule has 1 heterocycles. The van der Waals surface area contributed by atoms with Crippen molar-refractivity contribution in [3.8, 4) is 0 Å². The van der Waals surface area contributed by atoms with Crippen molar-refractivity contribution in [2.24, 2.45) is 5.41 Å². The molecular formula is C15H28N2O. The van der Waals surface area contributed by atoms with Crippen molar-refractivity contribution >= 4 is 6.03 Å². The van der Waals surface area contributed by atoms with Gasteiger partial charge in [-0.25, -0.2) is 4.79 Å². The Kier molecular flexibility index (Phi) is 5.24. The average molecular weight is 252 g/mol. The fraction of sp³-hybridized carbons (Fsp3) is 0.800. The van der Waals surface area contributed by atoms with Crippen molar-refractivity contribution in [1.82, 2.24) is 10.2 Å². The second-order valence-corrected chi connectivity index (χ2v) is 6.28. The van der Waals surface area contributed by atoms with Gasteiger partial charge in [0.2, 0.25) is 0 Å². The topological polar surface area (TPSA) is 32.3 Å². The van der Waals surface area contributed by atoms with Gasteiger partial charge in [0.15, 0.2) is 0 Å². The lowest BCUT2D eigenvalue weighted by Crippen LogP contribution is -2.47. The molecule has 0 radical (unpaired) electrons. The highest BCUT2D eigenvalue weighted by molar-refractivity contribution is 5.75. The number of urea groups is 1. The first-order chi connectivity index (χ1) is 8.36. The molecule has 104 valence electrons. The summed E-state index contributed by atoms with van der Waals surface area (Å²) >= 11 is 0. The summed E-state index contributed by atoms with van der Waals surface area (Å²) in [7, 11) is 0. The fourth-order valence-electron chi connectivity index (χ4n) is 2.16. The number of likely N-dealkylation sites (tertiary alicyclic amines) is 1. The van der Waals surface area contributed by atoms with Crippen LogP contribution in [0.2, 0.25) is 0 Å². The van der Waals surface area contributed by atoms with Crippen LogP contribution in [0.25, 0.3) is 0 Å². The highest BCUT2D eigenvalue weighted by Crippen LogP contribution is 2.24. The molecule has 3 nitrogen and oxygen atoms in total. The van der Waals surface area contributed by atoms with Crippen LogP contribution in [0.5, 0.6) is 0 Å². The molecule has 0 bridgehead atoms. The molecule has 18 heavy (non-hydrogen) atoms. The minimum atomic E-state index is 0.0603. The summed E-state index contributed by atoms with van der Waals surface area (Å²) in [5, 5.41) is 2.95. The Hall–Kier alpha value is -0.990. The van der Waals surface area contributed by atoms with Gasteiger partial charge in [0.05, 0.1) is 0 Å². The standard InChI is InChI=1S/C15H28N2O/c1-6-13-9-7-8-10-17(13)14(18)16-11-12(2)15(3,4)5/h11,13H,6-10H2,1-5H3,(H,16,18)/b12-11+. The molecule has 1 fully saturated rings. The van der Waals surface area contributed by atoms with Gasteiger partial charge in [-0.2, -0.15) is 0 Å². The zero-order valence-corrected chi connectivity index (χ0v) is 12.5. The van der Waals surface area contributed by atoms with Crippen molar-refractivity contribution in [2.75, 3.05) is 6.54 Å². The first-order valence-electron chi connectivity index (χ1n) is 7.10. The van der Waals surface area contributed by atoms with E-state index < -0.39 is 0 Å². The van der Waals surface area contributed by atoms with Crippen LogP contribution in [0.4, 0.5) is 4.79 Å². The number of carbonyl (C=O) groups excluding carboxylic acids is 1. The molecule has 2 amide bonds. The molecule has 1 unspecified atom stereocenters. The summed E-state index contributed by atoms with van der Waals surface area (Å²) in [6, 6.07) is 0.479. The maximum absolute atomic E-state index is 12.2. The van der Waals surface area contributed by atoms with E-state index in [0.29, 0.717) is 6.04 Å². The Morgan fingerprint density at radius 1 is 1.39 bits per heavy atom. The van der Waals surface area contributed by atoms with Crippen molar-refractivity contribution in [1.29, 1.82) is 0 Å². The van der Waals surface area contributed by atoms with Crippen LogP contribution in [0.3, 0.4) is 0 Å². The Bertz CT molecular complexity index is 315. The van der Waals surface area contributed by atoms with E-state index in [1.54, 1.807) is 0 Å². The maximum Gasteiger partial charge on any atom is 0.321 e. The van der Waals surface area contributed by atoms with Crippen LogP contribution in [0, 0.1) is 5.41 Å². The number of hydrogen-bond donors (Lipinski definition) is 1. The number of allylic oxidation sites excluding steroid dienone is 1. The minimum absolute atomic E-state index is 0.0603. The Balaban J connectivity index is 2.59. The van der Waals surface area contributed by atoms with Gasteiger partial charge in [0.1, 0.15) is 0 Å². The quantitative estimate of drug-likeness (QED) is 0.794. The molecule has 0 aliphatic carbocycles. The summed E-state index contributed by atoms with van der Waals surface area (Å²) in [5.74, 6) is 0. The number of nitrogens with zero attached hydrogens (tertiary/aromatic N) is 1. The maximum atomic E-state index is 12.2. The molecule has 0 saturated carbocycles. The van der Waals surface area contributed by atoms with E-state index in [1.165, 1.54) is 12.0 Å². The van der Waals surface area contributed by atoms with Gasteiger partial charge in [-0.1, -0.05) is 33.3 Å². The smallest absolute Gasteiger partial charge is 0.321 e. The molecule has 1 rings (SSSR count). The van der Waals surface area contributed by atoms with Gasteiger partial charge >= 0.3 is 6.03 Å². The van der Waals surface area contributed by atoms with Gasteiger partial charge in [-0.15, -0.1) is 0 Å². The minimum Gasteiger partial charge on any atom is -0.322 e. The third kappa shape index (κ3) is 4.04. The summed E-state index contributed by atoms with van der Waals surface area (Å²) in [6.07, 6.45) is 6.44. The normalized spacial score (nSPS) is 21.9. The highest BCUT2D eigenvalue weighted by Gasteiger charge is 2.24. The molecule has 0 aromatic heterocycles. The summed E-state index contributed by atoms with van der Waals surface area (Å²) in [6.45, 7) is 11.6.